The van der Waals surface area contributed by atoms with Crippen molar-refractivity contribution in [1.82, 2.24) is 15.1 Å². The molecular formula is C23H24ClN3O3S. The summed E-state index contributed by atoms with van der Waals surface area (Å²) >= 11 is 6.29. The lowest BCUT2D eigenvalue weighted by Gasteiger charge is -2.11. The van der Waals surface area contributed by atoms with Crippen molar-refractivity contribution in [2.45, 2.75) is 38.0 Å². The highest BCUT2D eigenvalue weighted by atomic mass is 35.5. The van der Waals surface area contributed by atoms with Gasteiger partial charge in [-0.3, -0.25) is 4.79 Å². The minimum atomic E-state index is -3.07. The molecule has 0 saturated heterocycles. The Balaban J connectivity index is 1.50. The average molecular weight is 458 g/mol. The van der Waals surface area contributed by atoms with Crippen molar-refractivity contribution in [1.29, 1.82) is 0 Å². The van der Waals surface area contributed by atoms with Crippen LogP contribution in [0.15, 0.2) is 48.7 Å². The van der Waals surface area contributed by atoms with Crippen molar-refractivity contribution in [3.05, 3.63) is 81.6 Å². The Hall–Kier alpha value is -2.64. The van der Waals surface area contributed by atoms with Gasteiger partial charge in [0.25, 0.3) is 5.91 Å². The number of hydrogen-bond acceptors (Lipinski definition) is 4. The van der Waals surface area contributed by atoms with E-state index < -0.39 is 9.84 Å². The zero-order chi connectivity index (χ0) is 22.2. The van der Waals surface area contributed by atoms with Gasteiger partial charge in [-0.05, 0) is 48.6 Å². The molecule has 0 atom stereocenters. The van der Waals surface area contributed by atoms with Gasteiger partial charge in [-0.2, -0.15) is 5.10 Å². The highest BCUT2D eigenvalue weighted by Crippen LogP contribution is 2.42. The van der Waals surface area contributed by atoms with E-state index in [1.165, 1.54) is 6.26 Å². The Morgan fingerprint density at radius 2 is 1.84 bits per heavy atom. The largest absolute Gasteiger partial charge is 0.348 e. The second-order valence-corrected chi connectivity index (χ2v) is 10.7. The van der Waals surface area contributed by atoms with E-state index in [-0.39, 0.29) is 11.7 Å². The topological polar surface area (TPSA) is 81.1 Å². The molecule has 0 radical (unpaired) electrons. The summed E-state index contributed by atoms with van der Waals surface area (Å²) in [6.07, 6.45) is 4.90. The zero-order valence-corrected chi connectivity index (χ0v) is 19.0. The van der Waals surface area contributed by atoms with E-state index in [9.17, 15) is 13.2 Å². The van der Waals surface area contributed by atoms with Gasteiger partial charge in [0.1, 0.15) is 0 Å². The number of aromatic nitrogens is 2. The number of rotatable bonds is 7. The van der Waals surface area contributed by atoms with Crippen LogP contribution in [0.4, 0.5) is 0 Å². The fraction of sp³-hybridized carbons (Fsp3) is 0.304. The summed E-state index contributed by atoms with van der Waals surface area (Å²) in [6, 6.07) is 13.0. The number of carbonyl (C=O) groups is 1. The Morgan fingerprint density at radius 3 is 2.45 bits per heavy atom. The molecule has 1 heterocycles. The maximum atomic E-state index is 12.9. The van der Waals surface area contributed by atoms with Crippen molar-refractivity contribution in [2.75, 3.05) is 6.26 Å². The van der Waals surface area contributed by atoms with Crippen LogP contribution >= 0.6 is 11.6 Å². The van der Waals surface area contributed by atoms with Crippen LogP contribution in [0, 0.1) is 6.92 Å². The predicted octanol–water partition coefficient (Wildman–Crippen LogP) is 4.19. The number of nitrogens with one attached hydrogen (secondary N) is 1. The minimum Gasteiger partial charge on any atom is -0.348 e. The summed E-state index contributed by atoms with van der Waals surface area (Å²) in [5.41, 5.74) is 4.96. The summed E-state index contributed by atoms with van der Waals surface area (Å²) < 4.78 is 24.7. The molecule has 0 unspecified atom stereocenters. The van der Waals surface area contributed by atoms with E-state index in [1.54, 1.807) is 18.3 Å². The molecular weight excluding hydrogens is 434 g/mol. The average Bonchev–Trinajstić information content (AvgIpc) is 3.46. The molecule has 162 valence electrons. The summed E-state index contributed by atoms with van der Waals surface area (Å²) in [5.74, 6) is 0.150. The molecule has 31 heavy (non-hydrogen) atoms. The first-order valence-electron chi connectivity index (χ1n) is 10.1. The third kappa shape index (κ3) is 5.17. The van der Waals surface area contributed by atoms with E-state index in [0.717, 1.165) is 40.9 Å². The maximum absolute atomic E-state index is 12.9. The van der Waals surface area contributed by atoms with Crippen molar-refractivity contribution >= 4 is 27.3 Å². The van der Waals surface area contributed by atoms with E-state index >= 15 is 0 Å². The Labute approximate surface area is 187 Å². The van der Waals surface area contributed by atoms with Crippen LogP contribution in [-0.2, 0) is 22.1 Å². The fourth-order valence-electron chi connectivity index (χ4n) is 3.54. The first kappa shape index (κ1) is 21.6. The zero-order valence-electron chi connectivity index (χ0n) is 17.4. The third-order valence-corrected chi connectivity index (χ3v) is 6.58. The summed E-state index contributed by atoms with van der Waals surface area (Å²) in [6.45, 7) is 2.30. The second kappa shape index (κ2) is 8.48. The van der Waals surface area contributed by atoms with Gasteiger partial charge in [-0.15, -0.1) is 0 Å². The van der Waals surface area contributed by atoms with E-state index in [4.69, 9.17) is 11.6 Å². The summed E-state index contributed by atoms with van der Waals surface area (Å²) in [5, 5.41) is 8.10. The number of aryl methyl sites for hydroxylation is 1. The molecule has 1 fully saturated rings. The van der Waals surface area contributed by atoms with Crippen LogP contribution in [0.2, 0.25) is 5.02 Å². The smallest absolute Gasteiger partial charge is 0.255 e. The number of amides is 1. The summed E-state index contributed by atoms with van der Waals surface area (Å²) in [4.78, 5) is 12.9. The molecule has 0 aliphatic heterocycles. The van der Waals surface area contributed by atoms with Crippen LogP contribution in [0.3, 0.4) is 0 Å². The van der Waals surface area contributed by atoms with E-state index in [0.29, 0.717) is 23.0 Å². The van der Waals surface area contributed by atoms with Gasteiger partial charge >= 0.3 is 0 Å². The molecule has 1 aliphatic rings. The van der Waals surface area contributed by atoms with Gasteiger partial charge in [0, 0.05) is 23.7 Å². The van der Waals surface area contributed by atoms with Crippen molar-refractivity contribution in [2.24, 2.45) is 0 Å². The fourth-order valence-corrected chi connectivity index (χ4v) is 4.51. The van der Waals surface area contributed by atoms with Gasteiger partial charge in [-0.1, -0.05) is 41.9 Å². The predicted molar refractivity (Wildman–Crippen MR) is 121 cm³/mol. The molecule has 1 aliphatic carbocycles. The van der Waals surface area contributed by atoms with Gasteiger partial charge in [0.15, 0.2) is 9.84 Å². The molecule has 1 saturated carbocycles. The number of nitrogens with zero attached hydrogens (tertiary/aromatic N) is 2. The molecule has 6 nitrogen and oxygen atoms in total. The first-order valence-corrected chi connectivity index (χ1v) is 12.5. The third-order valence-electron chi connectivity index (χ3n) is 5.32. The van der Waals surface area contributed by atoms with Gasteiger partial charge in [0.05, 0.1) is 28.9 Å². The van der Waals surface area contributed by atoms with Crippen LogP contribution in [-0.4, -0.2) is 30.4 Å². The lowest BCUT2D eigenvalue weighted by Crippen LogP contribution is -2.23. The quantitative estimate of drug-likeness (QED) is 0.576. The van der Waals surface area contributed by atoms with Crippen molar-refractivity contribution in [3.63, 3.8) is 0 Å². The van der Waals surface area contributed by atoms with E-state index in [1.807, 2.05) is 41.9 Å². The lowest BCUT2D eigenvalue weighted by atomic mass is 10.1. The molecule has 1 aromatic heterocycles. The van der Waals surface area contributed by atoms with Gasteiger partial charge in [-0.25, -0.2) is 13.1 Å². The Bertz CT molecular complexity index is 1230. The van der Waals surface area contributed by atoms with Gasteiger partial charge < -0.3 is 5.32 Å². The van der Waals surface area contributed by atoms with Crippen LogP contribution < -0.4 is 5.32 Å². The van der Waals surface area contributed by atoms with Crippen LogP contribution in [0.5, 0.6) is 0 Å². The SMILES string of the molecule is Cc1ccc(-n2ncc(C(=O)NCc3ccc(CS(C)(=O)=O)cc3)c2C2CC2)cc1Cl. The monoisotopic (exact) mass is 457 g/mol. The maximum Gasteiger partial charge on any atom is 0.255 e. The molecule has 0 bridgehead atoms. The van der Waals surface area contributed by atoms with Crippen molar-refractivity contribution in [3.8, 4) is 5.69 Å². The molecule has 8 heteroatoms. The van der Waals surface area contributed by atoms with Gasteiger partial charge in [0.2, 0.25) is 0 Å². The molecule has 1 N–H and O–H groups in total. The highest BCUT2D eigenvalue weighted by Gasteiger charge is 2.33. The molecule has 0 spiro atoms. The standard InChI is InChI=1S/C23H24ClN3O3S/c1-15-3-10-19(11-21(15)24)27-22(18-8-9-18)20(13-26-27)23(28)25-12-16-4-6-17(7-5-16)14-31(2,29)30/h3-7,10-11,13,18H,8-9,12,14H2,1-2H3,(H,25,28). The molecule has 2 aromatic carbocycles. The van der Waals surface area contributed by atoms with Crippen LogP contribution in [0.25, 0.3) is 5.69 Å². The summed E-state index contributed by atoms with van der Waals surface area (Å²) in [7, 11) is -3.07. The minimum absolute atomic E-state index is 0.00655. The lowest BCUT2D eigenvalue weighted by molar-refractivity contribution is 0.0950. The van der Waals surface area contributed by atoms with Crippen molar-refractivity contribution < 1.29 is 13.2 Å². The Morgan fingerprint density at radius 1 is 1.16 bits per heavy atom. The Kier molecular flexibility index (Phi) is 5.90. The second-order valence-electron chi connectivity index (χ2n) is 8.13. The van der Waals surface area contributed by atoms with Crippen LogP contribution in [0.1, 0.15) is 51.5 Å². The number of halogens is 1. The molecule has 3 aromatic rings. The number of hydrogen-bond donors (Lipinski definition) is 1. The van der Waals surface area contributed by atoms with E-state index in [2.05, 4.69) is 10.4 Å². The number of carbonyl (C=O) groups excluding carboxylic acids is 1. The molecule has 4 rings (SSSR count). The number of sulfone groups is 1. The molecule has 1 amide bonds. The highest BCUT2D eigenvalue weighted by molar-refractivity contribution is 7.89. The number of benzene rings is 2. The normalized spacial score (nSPS) is 13.9. The first-order chi connectivity index (χ1) is 14.7.